The van der Waals surface area contributed by atoms with Crippen molar-refractivity contribution in [1.82, 2.24) is 15.6 Å². The van der Waals surface area contributed by atoms with E-state index < -0.39 is 0 Å². The first-order valence-corrected chi connectivity index (χ1v) is 10.9. The van der Waals surface area contributed by atoms with E-state index >= 15 is 0 Å². The van der Waals surface area contributed by atoms with Gasteiger partial charge in [0.25, 0.3) is 5.91 Å². The minimum absolute atomic E-state index is 0.115. The number of benzene rings is 2. The monoisotopic (exact) mass is 419 g/mol. The van der Waals surface area contributed by atoms with E-state index in [1.54, 1.807) is 23.5 Å². The summed E-state index contributed by atoms with van der Waals surface area (Å²) in [7, 11) is 0. The quantitative estimate of drug-likeness (QED) is 0.679. The second-order valence-electron chi connectivity index (χ2n) is 7.44. The van der Waals surface area contributed by atoms with Crippen LogP contribution in [-0.4, -0.2) is 43.7 Å². The molecule has 8 heteroatoms. The van der Waals surface area contributed by atoms with Gasteiger partial charge in [0.2, 0.25) is 0 Å². The molecule has 2 N–H and O–H groups in total. The molecule has 0 aliphatic carbocycles. The van der Waals surface area contributed by atoms with Crippen molar-refractivity contribution in [1.29, 1.82) is 5.26 Å². The largest absolute Gasteiger partial charge is 0.493 e. The lowest BCUT2D eigenvalue weighted by Crippen LogP contribution is -2.43. The summed E-state index contributed by atoms with van der Waals surface area (Å²) >= 11 is 1.63. The first-order chi connectivity index (χ1) is 14.7. The van der Waals surface area contributed by atoms with Gasteiger partial charge in [-0.2, -0.15) is 5.26 Å². The van der Waals surface area contributed by atoms with Crippen molar-refractivity contribution in [3.8, 4) is 11.8 Å². The van der Waals surface area contributed by atoms with Crippen molar-refractivity contribution >= 4 is 32.6 Å². The van der Waals surface area contributed by atoms with Crippen LogP contribution in [0.2, 0.25) is 0 Å². The molecule has 1 atom stereocenters. The molecule has 3 aromatic rings. The number of fused-ring (bicyclic) bond motifs is 2. The van der Waals surface area contributed by atoms with Gasteiger partial charge in [-0.25, -0.2) is 4.98 Å². The highest BCUT2D eigenvalue weighted by Gasteiger charge is 2.24. The number of amides is 1. The number of nitrogens with zero attached hydrogens (tertiary/aromatic N) is 3. The maximum atomic E-state index is 13.0. The van der Waals surface area contributed by atoms with Crippen molar-refractivity contribution in [2.24, 2.45) is 0 Å². The fraction of sp³-hybridized carbons (Fsp3) is 0.318. The minimum Gasteiger partial charge on any atom is -0.493 e. The molecule has 30 heavy (non-hydrogen) atoms. The number of hydrogen-bond acceptors (Lipinski definition) is 7. The van der Waals surface area contributed by atoms with Gasteiger partial charge in [0.15, 0.2) is 5.13 Å². The molecule has 1 saturated heterocycles. The fourth-order valence-corrected chi connectivity index (χ4v) is 4.95. The van der Waals surface area contributed by atoms with Crippen LogP contribution in [0.5, 0.6) is 5.75 Å². The smallest absolute Gasteiger partial charge is 0.251 e. The molecule has 3 heterocycles. The number of aromatic nitrogens is 1. The maximum absolute atomic E-state index is 13.0. The standard InChI is InChI=1S/C22H21N5O2S/c23-13-14-1-3-16-17(5-10-29-19(16)11-14)25-21(28)15-2-4-18-20(12-15)30-22(26-18)27-8-6-24-7-9-27/h1-4,11-12,17,24H,5-10H2,(H,25,28)/t17-/m0/s1. The van der Waals surface area contributed by atoms with E-state index in [1.807, 2.05) is 24.3 Å². The first-order valence-electron chi connectivity index (χ1n) is 10.1. The van der Waals surface area contributed by atoms with Crippen LogP contribution >= 0.6 is 11.3 Å². The van der Waals surface area contributed by atoms with Crippen molar-refractivity contribution in [3.63, 3.8) is 0 Å². The SMILES string of the molecule is N#Cc1ccc2c(c1)OCC[C@@H]2NC(=O)c1ccc2nc(N3CCNCC3)sc2c1. The van der Waals surface area contributed by atoms with Crippen LogP contribution in [0.4, 0.5) is 5.13 Å². The zero-order valence-corrected chi connectivity index (χ0v) is 17.2. The normalized spacial score (nSPS) is 18.4. The molecule has 1 aromatic heterocycles. The van der Waals surface area contributed by atoms with E-state index in [4.69, 9.17) is 15.0 Å². The lowest BCUT2D eigenvalue weighted by molar-refractivity contribution is 0.0925. The number of carbonyl (C=O) groups excluding carboxylic acids is 1. The zero-order chi connectivity index (χ0) is 20.5. The molecule has 2 aliphatic rings. The van der Waals surface area contributed by atoms with Crippen LogP contribution in [0.3, 0.4) is 0 Å². The summed E-state index contributed by atoms with van der Waals surface area (Å²) < 4.78 is 6.70. The molecule has 0 radical (unpaired) electrons. The highest BCUT2D eigenvalue weighted by molar-refractivity contribution is 7.22. The lowest BCUT2D eigenvalue weighted by atomic mass is 9.98. The Morgan fingerprint density at radius 3 is 2.97 bits per heavy atom. The predicted molar refractivity (Wildman–Crippen MR) is 116 cm³/mol. The van der Waals surface area contributed by atoms with Crippen LogP contribution in [0.25, 0.3) is 10.2 Å². The number of thiazole rings is 1. The van der Waals surface area contributed by atoms with E-state index in [2.05, 4.69) is 21.6 Å². The van der Waals surface area contributed by atoms with Gasteiger partial charge in [0.1, 0.15) is 5.75 Å². The lowest BCUT2D eigenvalue weighted by Gasteiger charge is -2.26. The number of nitriles is 1. The van der Waals surface area contributed by atoms with Crippen LogP contribution in [-0.2, 0) is 0 Å². The fourth-order valence-electron chi connectivity index (χ4n) is 3.90. The van der Waals surface area contributed by atoms with Gasteiger partial charge >= 0.3 is 0 Å². The van der Waals surface area contributed by atoms with Gasteiger partial charge in [-0.15, -0.1) is 0 Å². The van der Waals surface area contributed by atoms with Gasteiger partial charge in [-0.1, -0.05) is 17.4 Å². The molecule has 7 nitrogen and oxygen atoms in total. The Balaban J connectivity index is 1.36. The zero-order valence-electron chi connectivity index (χ0n) is 16.4. The third-order valence-corrected chi connectivity index (χ3v) is 6.59. The minimum atomic E-state index is -0.137. The number of carbonyl (C=O) groups is 1. The summed E-state index contributed by atoms with van der Waals surface area (Å²) in [4.78, 5) is 20.0. The highest BCUT2D eigenvalue weighted by atomic mass is 32.1. The molecule has 0 bridgehead atoms. The van der Waals surface area contributed by atoms with E-state index in [-0.39, 0.29) is 11.9 Å². The summed E-state index contributed by atoms with van der Waals surface area (Å²) in [6.45, 7) is 4.33. The van der Waals surface area contributed by atoms with E-state index in [1.165, 1.54) is 0 Å². The molecule has 1 fully saturated rings. The highest BCUT2D eigenvalue weighted by Crippen LogP contribution is 2.33. The average Bonchev–Trinajstić information content (AvgIpc) is 3.23. The van der Waals surface area contributed by atoms with Crippen molar-refractivity contribution in [3.05, 3.63) is 53.1 Å². The molecule has 2 aromatic carbocycles. The van der Waals surface area contributed by atoms with Gasteiger partial charge in [0, 0.05) is 43.7 Å². The molecular formula is C22H21N5O2S. The van der Waals surface area contributed by atoms with Gasteiger partial charge < -0.3 is 20.3 Å². The number of piperazine rings is 1. The third-order valence-electron chi connectivity index (χ3n) is 5.51. The van der Waals surface area contributed by atoms with E-state index in [0.717, 1.165) is 47.1 Å². The Morgan fingerprint density at radius 2 is 2.13 bits per heavy atom. The molecule has 152 valence electrons. The molecular weight excluding hydrogens is 398 g/mol. The van der Waals surface area contributed by atoms with Crippen molar-refractivity contribution < 1.29 is 9.53 Å². The Kier molecular flexibility index (Phi) is 4.99. The molecule has 0 saturated carbocycles. The summed E-state index contributed by atoms with van der Waals surface area (Å²) in [6.07, 6.45) is 0.695. The Morgan fingerprint density at radius 1 is 1.27 bits per heavy atom. The summed E-state index contributed by atoms with van der Waals surface area (Å²) in [6, 6.07) is 13.0. The van der Waals surface area contributed by atoms with Gasteiger partial charge in [-0.05, 0) is 30.3 Å². The molecule has 2 aliphatic heterocycles. The van der Waals surface area contributed by atoms with Gasteiger partial charge in [-0.3, -0.25) is 4.79 Å². The van der Waals surface area contributed by atoms with Crippen molar-refractivity contribution in [2.75, 3.05) is 37.7 Å². The molecule has 0 spiro atoms. The average molecular weight is 420 g/mol. The summed E-state index contributed by atoms with van der Waals surface area (Å²) in [5.41, 5.74) is 3.01. The topological polar surface area (TPSA) is 90.3 Å². The van der Waals surface area contributed by atoms with Gasteiger partial charge in [0.05, 0.1) is 34.5 Å². The van der Waals surface area contributed by atoms with Crippen LogP contribution in [0.1, 0.15) is 33.9 Å². The van der Waals surface area contributed by atoms with Crippen LogP contribution in [0.15, 0.2) is 36.4 Å². The number of hydrogen-bond donors (Lipinski definition) is 2. The van der Waals surface area contributed by atoms with Crippen LogP contribution in [0, 0.1) is 11.3 Å². The first kappa shape index (κ1) is 18.9. The van der Waals surface area contributed by atoms with E-state index in [9.17, 15) is 4.79 Å². The van der Waals surface area contributed by atoms with E-state index in [0.29, 0.717) is 29.9 Å². The molecule has 5 rings (SSSR count). The Bertz CT molecular complexity index is 1150. The number of ether oxygens (including phenoxy) is 1. The Labute approximate surface area is 178 Å². The summed E-state index contributed by atoms with van der Waals surface area (Å²) in [5.74, 6) is 0.556. The number of anilines is 1. The second-order valence-corrected chi connectivity index (χ2v) is 8.45. The van der Waals surface area contributed by atoms with Crippen LogP contribution < -0.4 is 20.3 Å². The third kappa shape index (κ3) is 3.58. The second kappa shape index (κ2) is 7.94. The summed E-state index contributed by atoms with van der Waals surface area (Å²) in [5, 5.41) is 16.6. The Hall–Kier alpha value is -3.15. The number of rotatable bonds is 3. The molecule has 0 unspecified atom stereocenters. The number of nitrogens with one attached hydrogen (secondary N) is 2. The maximum Gasteiger partial charge on any atom is 0.251 e. The predicted octanol–water partition coefficient (Wildman–Crippen LogP) is 2.83. The van der Waals surface area contributed by atoms with Crippen molar-refractivity contribution in [2.45, 2.75) is 12.5 Å². The molecule has 1 amide bonds.